The van der Waals surface area contributed by atoms with E-state index in [-0.39, 0.29) is 23.1 Å². The summed E-state index contributed by atoms with van der Waals surface area (Å²) in [4.78, 5) is 48.6. The van der Waals surface area contributed by atoms with E-state index in [1.54, 1.807) is 91.0 Å². The van der Waals surface area contributed by atoms with Crippen molar-refractivity contribution in [2.75, 3.05) is 5.73 Å². The Morgan fingerprint density at radius 2 is 0.667 bits per heavy atom. The Labute approximate surface area is 189 Å². The van der Waals surface area contributed by atoms with Crippen LogP contribution in [0.3, 0.4) is 0 Å². The van der Waals surface area contributed by atoms with Gasteiger partial charge in [-0.1, -0.05) is 84.9 Å². The summed E-state index contributed by atoms with van der Waals surface area (Å²) < 4.78 is 0. The highest BCUT2D eigenvalue weighted by Crippen LogP contribution is 2.30. The minimum Gasteiger partial charge on any atom is -0.398 e. The molecule has 0 saturated carbocycles. The number of rotatable bonds is 0. The van der Waals surface area contributed by atoms with E-state index in [4.69, 9.17) is 5.73 Å². The summed E-state index contributed by atoms with van der Waals surface area (Å²) in [5, 5.41) is 0. The predicted molar refractivity (Wildman–Crippen MR) is 124 cm³/mol. The van der Waals surface area contributed by atoms with Gasteiger partial charge in [-0.3, -0.25) is 19.2 Å². The molecule has 0 atom stereocenters. The van der Waals surface area contributed by atoms with Gasteiger partial charge < -0.3 is 5.73 Å². The van der Waals surface area contributed by atoms with Gasteiger partial charge in [-0.2, -0.15) is 0 Å². The highest BCUT2D eigenvalue weighted by atomic mass is 16.1. The maximum absolute atomic E-state index is 12.2. The van der Waals surface area contributed by atoms with Gasteiger partial charge in [0.2, 0.25) is 0 Å². The summed E-state index contributed by atoms with van der Waals surface area (Å²) in [7, 11) is 0. The van der Waals surface area contributed by atoms with Crippen molar-refractivity contribution in [3.8, 4) is 0 Å². The number of nitrogen functional groups attached to an aromatic ring is 1. The zero-order chi connectivity index (χ0) is 23.1. The quantitative estimate of drug-likeness (QED) is 0.357. The molecule has 2 N–H and O–H groups in total. The number of fused-ring (bicyclic) bond motifs is 4. The van der Waals surface area contributed by atoms with Crippen molar-refractivity contribution >= 4 is 28.8 Å². The van der Waals surface area contributed by atoms with Crippen molar-refractivity contribution in [2.45, 2.75) is 0 Å². The number of carbonyl (C=O) groups excluding carboxylic acids is 4. The van der Waals surface area contributed by atoms with Crippen molar-refractivity contribution in [3.05, 3.63) is 136 Å². The Kier molecular flexibility index (Phi) is 4.79. The van der Waals surface area contributed by atoms with Crippen LogP contribution in [0.1, 0.15) is 63.7 Å². The zero-order valence-electron chi connectivity index (χ0n) is 17.4. The van der Waals surface area contributed by atoms with Crippen LogP contribution in [0, 0.1) is 0 Å². The lowest BCUT2D eigenvalue weighted by Crippen LogP contribution is -2.22. The average Bonchev–Trinajstić information content (AvgIpc) is 2.86. The smallest absolute Gasteiger partial charge is 0.196 e. The van der Waals surface area contributed by atoms with Gasteiger partial charge in [-0.05, 0) is 6.07 Å². The molecule has 5 nitrogen and oxygen atoms in total. The third-order valence-electron chi connectivity index (χ3n) is 5.82. The van der Waals surface area contributed by atoms with E-state index < -0.39 is 0 Å². The summed E-state index contributed by atoms with van der Waals surface area (Å²) in [5.74, 6) is -0.438. The minimum atomic E-state index is -0.173. The number of nitrogens with two attached hydrogens (primary N) is 1. The second-order valence-electron chi connectivity index (χ2n) is 7.72. The van der Waals surface area contributed by atoms with E-state index in [2.05, 4.69) is 0 Å². The molecule has 0 fully saturated rings. The highest BCUT2D eigenvalue weighted by molar-refractivity contribution is 6.30. The van der Waals surface area contributed by atoms with Crippen molar-refractivity contribution in [3.63, 3.8) is 0 Å². The second kappa shape index (κ2) is 7.80. The number of carbonyl (C=O) groups is 4. The first kappa shape index (κ1) is 20.3. The Morgan fingerprint density at radius 1 is 0.364 bits per heavy atom. The molecule has 2 aliphatic carbocycles. The largest absolute Gasteiger partial charge is 0.398 e. The van der Waals surface area contributed by atoms with E-state index >= 15 is 0 Å². The standard InChI is InChI=1S/C14H9NO2.C14H8O2/c15-11-7-3-6-10-12(11)14(17)9-5-2-1-4-8(9)13(10)16;15-13-9-5-1-2-6-10(9)14(16)12-8-4-3-7-11(12)13/h1-7H,15H2;1-8H. The van der Waals surface area contributed by atoms with Crippen LogP contribution in [0.5, 0.6) is 0 Å². The lowest BCUT2D eigenvalue weighted by molar-refractivity contribution is 0.0979. The van der Waals surface area contributed by atoms with Crippen LogP contribution in [0.2, 0.25) is 0 Å². The molecule has 2 aliphatic rings. The van der Waals surface area contributed by atoms with E-state index in [1.165, 1.54) is 0 Å². The lowest BCUT2D eigenvalue weighted by Gasteiger charge is -2.18. The molecule has 0 radical (unpaired) electrons. The van der Waals surface area contributed by atoms with Crippen molar-refractivity contribution in [1.82, 2.24) is 0 Å². The molecule has 0 heterocycles. The first-order valence-corrected chi connectivity index (χ1v) is 10.3. The Morgan fingerprint density at radius 3 is 1.06 bits per heavy atom. The van der Waals surface area contributed by atoms with E-state index in [1.807, 2.05) is 0 Å². The maximum atomic E-state index is 12.2. The van der Waals surface area contributed by atoms with Crippen LogP contribution in [-0.4, -0.2) is 23.1 Å². The van der Waals surface area contributed by atoms with Crippen LogP contribution in [-0.2, 0) is 0 Å². The van der Waals surface area contributed by atoms with Crippen molar-refractivity contribution in [1.29, 1.82) is 0 Å². The molecule has 4 aromatic carbocycles. The van der Waals surface area contributed by atoms with Crippen molar-refractivity contribution < 1.29 is 19.2 Å². The van der Waals surface area contributed by atoms with E-state index in [0.717, 1.165) is 0 Å². The molecule has 0 bridgehead atoms. The number of hydrogen-bond acceptors (Lipinski definition) is 5. The Balaban J connectivity index is 0.000000139. The first-order chi connectivity index (χ1) is 16.0. The maximum Gasteiger partial charge on any atom is 0.196 e. The fraction of sp³-hybridized carbons (Fsp3) is 0. The minimum absolute atomic E-state index is 0.0641. The van der Waals surface area contributed by atoms with Crippen molar-refractivity contribution in [2.24, 2.45) is 0 Å². The first-order valence-electron chi connectivity index (χ1n) is 10.3. The highest BCUT2D eigenvalue weighted by Gasteiger charge is 2.30. The average molecular weight is 431 g/mol. The molecule has 0 unspecified atom stereocenters. The molecule has 158 valence electrons. The van der Waals surface area contributed by atoms with Crippen LogP contribution in [0.25, 0.3) is 0 Å². The summed E-state index contributed by atoms with van der Waals surface area (Å²) >= 11 is 0. The van der Waals surface area contributed by atoms with Gasteiger partial charge in [0.05, 0.1) is 5.56 Å². The molecule has 0 saturated heterocycles. The normalized spacial score (nSPS) is 13.2. The molecule has 4 aromatic rings. The molecule has 0 aromatic heterocycles. The predicted octanol–water partition coefficient (Wildman–Crippen LogP) is 4.51. The Hall–Kier alpha value is -4.64. The summed E-state index contributed by atoms with van der Waals surface area (Å²) in [6.07, 6.45) is 0. The molecule has 5 heteroatoms. The number of anilines is 1. The third-order valence-corrected chi connectivity index (χ3v) is 5.82. The number of hydrogen-bond donors (Lipinski definition) is 1. The van der Waals surface area contributed by atoms with Crippen LogP contribution in [0.4, 0.5) is 5.69 Å². The van der Waals surface area contributed by atoms with Gasteiger partial charge in [0.25, 0.3) is 0 Å². The second-order valence-corrected chi connectivity index (χ2v) is 7.72. The van der Waals surface area contributed by atoms with Crippen LogP contribution in [0.15, 0.2) is 91.0 Å². The van der Waals surface area contributed by atoms with Gasteiger partial charge in [0.1, 0.15) is 0 Å². The fourth-order valence-electron chi connectivity index (χ4n) is 4.22. The molecule has 0 aliphatic heterocycles. The van der Waals surface area contributed by atoms with Gasteiger partial charge >= 0.3 is 0 Å². The van der Waals surface area contributed by atoms with Gasteiger partial charge in [-0.15, -0.1) is 0 Å². The Bertz CT molecular complexity index is 1390. The molecular formula is C28H17NO4. The van der Waals surface area contributed by atoms with E-state index in [9.17, 15) is 19.2 Å². The van der Waals surface area contributed by atoms with Gasteiger partial charge in [0, 0.05) is 44.6 Å². The van der Waals surface area contributed by atoms with Crippen LogP contribution < -0.4 is 5.73 Å². The fourth-order valence-corrected chi connectivity index (χ4v) is 4.22. The van der Waals surface area contributed by atoms with Gasteiger partial charge in [0.15, 0.2) is 23.1 Å². The molecule has 33 heavy (non-hydrogen) atoms. The van der Waals surface area contributed by atoms with Crippen LogP contribution >= 0.6 is 0 Å². The summed E-state index contributed by atoms with van der Waals surface area (Å²) in [6.45, 7) is 0. The van der Waals surface area contributed by atoms with Gasteiger partial charge in [-0.25, -0.2) is 0 Å². The molecular weight excluding hydrogens is 414 g/mol. The molecule has 0 amide bonds. The number of ketones is 4. The third kappa shape index (κ3) is 3.18. The molecule has 6 rings (SSSR count). The topological polar surface area (TPSA) is 94.3 Å². The summed E-state index contributed by atoms with van der Waals surface area (Å²) in [5.41, 5.74) is 9.77. The SMILES string of the molecule is Nc1cccc2c1C(=O)c1ccccc1C2=O.O=C1c2ccccc2C(=O)c2ccccc21. The number of benzene rings is 4. The summed E-state index contributed by atoms with van der Waals surface area (Å²) in [6, 6.07) is 25.7. The zero-order valence-corrected chi connectivity index (χ0v) is 17.4. The lowest BCUT2D eigenvalue weighted by atomic mass is 9.83. The van der Waals surface area contributed by atoms with E-state index in [0.29, 0.717) is 50.2 Å². The molecule has 0 spiro atoms. The monoisotopic (exact) mass is 431 g/mol.